The molecule has 1 aromatic rings. The summed E-state index contributed by atoms with van der Waals surface area (Å²) < 4.78 is 22.9. The molecule has 0 spiro atoms. The van der Waals surface area contributed by atoms with E-state index in [1.807, 2.05) is 0 Å². The molecule has 2 rings (SSSR count). The Morgan fingerprint density at radius 1 is 1.35 bits per heavy atom. The molecule has 1 aliphatic heterocycles. The minimum absolute atomic E-state index is 0.117. The lowest BCUT2D eigenvalue weighted by atomic mass is 10.2. The topological polar surface area (TPSA) is 79.9 Å². The Morgan fingerprint density at radius 2 is 2.00 bits per heavy atom. The van der Waals surface area contributed by atoms with E-state index in [0.29, 0.717) is 12.2 Å². The van der Waals surface area contributed by atoms with Gasteiger partial charge in [0.15, 0.2) is 6.29 Å². The number of ether oxygens (including phenoxy) is 2. The fourth-order valence-corrected chi connectivity index (χ4v) is 2.35. The zero-order valence-electron chi connectivity index (χ0n) is 13.0. The molecule has 8 heteroatoms. The van der Waals surface area contributed by atoms with Crippen molar-refractivity contribution < 1.29 is 23.5 Å². The predicted molar refractivity (Wildman–Crippen MR) is 81.5 cm³/mol. The summed E-state index contributed by atoms with van der Waals surface area (Å²) in [5, 5.41) is 5.34. The van der Waals surface area contributed by atoms with Crippen LogP contribution < -0.4 is 15.5 Å². The first-order chi connectivity index (χ1) is 11.0. The van der Waals surface area contributed by atoms with Crippen LogP contribution in [0.5, 0.6) is 0 Å². The van der Waals surface area contributed by atoms with E-state index in [0.717, 1.165) is 0 Å². The van der Waals surface area contributed by atoms with Crippen molar-refractivity contribution in [2.45, 2.75) is 18.8 Å². The number of amides is 3. The number of hydrogen-bond acceptors (Lipinski definition) is 4. The van der Waals surface area contributed by atoms with Crippen LogP contribution in [-0.4, -0.2) is 51.6 Å². The summed E-state index contributed by atoms with van der Waals surface area (Å²) in [5.41, 5.74) is 0.611. The summed E-state index contributed by atoms with van der Waals surface area (Å²) >= 11 is 0. The minimum Gasteiger partial charge on any atom is -0.354 e. The fourth-order valence-electron chi connectivity index (χ4n) is 2.35. The first-order valence-corrected chi connectivity index (χ1v) is 7.19. The first-order valence-electron chi connectivity index (χ1n) is 7.19. The fraction of sp³-hybridized carbons (Fsp3) is 0.467. The molecule has 1 fully saturated rings. The summed E-state index contributed by atoms with van der Waals surface area (Å²) in [7, 11) is 2.95. The molecule has 126 valence electrons. The molecule has 0 aromatic heterocycles. The van der Waals surface area contributed by atoms with E-state index in [2.05, 4.69) is 10.6 Å². The van der Waals surface area contributed by atoms with Crippen LogP contribution in [0.4, 0.5) is 14.9 Å². The highest BCUT2D eigenvalue weighted by Gasteiger charge is 2.31. The van der Waals surface area contributed by atoms with Gasteiger partial charge in [0.05, 0.1) is 12.6 Å². The molecule has 1 heterocycles. The van der Waals surface area contributed by atoms with Crippen molar-refractivity contribution in [3.63, 3.8) is 0 Å². The summed E-state index contributed by atoms with van der Waals surface area (Å²) in [6.07, 6.45) is -0.329. The summed E-state index contributed by atoms with van der Waals surface area (Å²) in [5.74, 6) is -0.478. The van der Waals surface area contributed by atoms with Crippen molar-refractivity contribution in [3.05, 3.63) is 30.1 Å². The molecule has 0 aliphatic carbocycles. The molecule has 0 radical (unpaired) electrons. The molecule has 1 aliphatic rings. The highest BCUT2D eigenvalue weighted by Crippen LogP contribution is 2.21. The third-order valence-electron chi connectivity index (χ3n) is 3.55. The Balaban J connectivity index is 1.85. The van der Waals surface area contributed by atoms with Gasteiger partial charge in [0.2, 0.25) is 5.91 Å². The van der Waals surface area contributed by atoms with Gasteiger partial charge in [-0.05, 0) is 24.3 Å². The maximum Gasteiger partial charge on any atom is 0.315 e. The van der Waals surface area contributed by atoms with E-state index in [1.54, 1.807) is 0 Å². The maximum absolute atomic E-state index is 12.9. The van der Waals surface area contributed by atoms with Crippen LogP contribution in [0.1, 0.15) is 6.42 Å². The number of nitrogens with one attached hydrogen (secondary N) is 2. The number of carbonyl (C=O) groups excluding carboxylic acids is 2. The van der Waals surface area contributed by atoms with Crippen molar-refractivity contribution >= 4 is 17.6 Å². The smallest absolute Gasteiger partial charge is 0.315 e. The number of hydrogen-bond donors (Lipinski definition) is 2. The monoisotopic (exact) mass is 325 g/mol. The number of rotatable bonds is 6. The van der Waals surface area contributed by atoms with Gasteiger partial charge in [-0.15, -0.1) is 0 Å². The molecule has 0 saturated carbocycles. The number of carbonyl (C=O) groups is 2. The van der Waals surface area contributed by atoms with Crippen molar-refractivity contribution in [2.24, 2.45) is 0 Å². The molecule has 0 unspecified atom stereocenters. The van der Waals surface area contributed by atoms with E-state index in [-0.39, 0.29) is 30.7 Å². The van der Waals surface area contributed by atoms with Crippen molar-refractivity contribution in [1.29, 1.82) is 0 Å². The predicted octanol–water partition coefficient (Wildman–Crippen LogP) is 0.849. The molecule has 1 aromatic carbocycles. The summed E-state index contributed by atoms with van der Waals surface area (Å²) in [6, 6.07) is 4.96. The third-order valence-corrected chi connectivity index (χ3v) is 3.55. The van der Waals surface area contributed by atoms with E-state index in [9.17, 15) is 14.0 Å². The Morgan fingerprint density at radius 3 is 2.61 bits per heavy atom. The Hall–Kier alpha value is -2.19. The van der Waals surface area contributed by atoms with Crippen LogP contribution in [-0.2, 0) is 14.3 Å². The average molecular weight is 325 g/mol. The third kappa shape index (κ3) is 4.64. The lowest BCUT2D eigenvalue weighted by Crippen LogP contribution is -2.46. The standard InChI is InChI=1S/C15H20FN3O4/c1-22-14(23-2)8-17-15(21)18-11-7-13(20)19(9-11)12-5-3-10(16)4-6-12/h3-6,11,14H,7-9H2,1-2H3,(H2,17,18,21)/t11-/m1/s1. The minimum atomic E-state index is -0.526. The number of halogens is 1. The lowest BCUT2D eigenvalue weighted by Gasteiger charge is -2.18. The van der Waals surface area contributed by atoms with Crippen LogP contribution in [0, 0.1) is 5.82 Å². The van der Waals surface area contributed by atoms with E-state index < -0.39 is 12.3 Å². The van der Waals surface area contributed by atoms with Crippen molar-refractivity contribution in [1.82, 2.24) is 10.6 Å². The lowest BCUT2D eigenvalue weighted by molar-refractivity contribution is -0.117. The van der Waals surface area contributed by atoms with Crippen LogP contribution in [0.15, 0.2) is 24.3 Å². The van der Waals surface area contributed by atoms with Gasteiger partial charge in [-0.2, -0.15) is 0 Å². The van der Waals surface area contributed by atoms with Gasteiger partial charge in [0, 0.05) is 32.9 Å². The van der Waals surface area contributed by atoms with E-state index in [1.165, 1.54) is 43.4 Å². The van der Waals surface area contributed by atoms with Crippen molar-refractivity contribution in [2.75, 3.05) is 32.2 Å². The Bertz CT molecular complexity index is 548. The van der Waals surface area contributed by atoms with Crippen molar-refractivity contribution in [3.8, 4) is 0 Å². The van der Waals surface area contributed by atoms with Gasteiger partial charge < -0.3 is 25.0 Å². The molecule has 0 bridgehead atoms. The van der Waals surface area contributed by atoms with Gasteiger partial charge in [0.1, 0.15) is 5.82 Å². The molecule has 3 amide bonds. The van der Waals surface area contributed by atoms with Crippen LogP contribution in [0.25, 0.3) is 0 Å². The van der Waals surface area contributed by atoms with Gasteiger partial charge in [-0.3, -0.25) is 4.79 Å². The van der Waals surface area contributed by atoms with Gasteiger partial charge in [-0.1, -0.05) is 0 Å². The van der Waals surface area contributed by atoms with E-state index >= 15 is 0 Å². The molecule has 2 N–H and O–H groups in total. The number of benzene rings is 1. The second-order valence-electron chi connectivity index (χ2n) is 5.14. The number of methoxy groups -OCH3 is 2. The zero-order chi connectivity index (χ0) is 16.8. The second kappa shape index (κ2) is 7.89. The van der Waals surface area contributed by atoms with E-state index in [4.69, 9.17) is 9.47 Å². The second-order valence-corrected chi connectivity index (χ2v) is 5.14. The number of nitrogens with zero attached hydrogens (tertiary/aromatic N) is 1. The van der Waals surface area contributed by atoms with Gasteiger partial charge >= 0.3 is 6.03 Å². The number of anilines is 1. The van der Waals surface area contributed by atoms with Gasteiger partial charge in [-0.25, -0.2) is 9.18 Å². The maximum atomic E-state index is 12.9. The van der Waals surface area contributed by atoms with Crippen LogP contribution in [0.3, 0.4) is 0 Å². The highest BCUT2D eigenvalue weighted by molar-refractivity contribution is 5.96. The largest absolute Gasteiger partial charge is 0.354 e. The summed E-state index contributed by atoms with van der Waals surface area (Å²) in [6.45, 7) is 0.539. The zero-order valence-corrected chi connectivity index (χ0v) is 13.0. The van der Waals surface area contributed by atoms with Gasteiger partial charge in [0.25, 0.3) is 0 Å². The Kier molecular flexibility index (Phi) is 5.89. The number of urea groups is 1. The molecule has 1 atom stereocenters. The first kappa shape index (κ1) is 17.2. The quantitative estimate of drug-likeness (QED) is 0.760. The molecule has 1 saturated heterocycles. The normalized spacial score (nSPS) is 17.7. The Labute approximate surface area is 133 Å². The molecule has 23 heavy (non-hydrogen) atoms. The molecular weight excluding hydrogens is 305 g/mol. The SMILES string of the molecule is COC(CNC(=O)N[C@@H]1CC(=O)N(c2ccc(F)cc2)C1)OC. The molecular formula is C15H20FN3O4. The molecule has 7 nitrogen and oxygen atoms in total. The van der Waals surface area contributed by atoms with Crippen LogP contribution >= 0.6 is 0 Å². The van der Waals surface area contributed by atoms with Crippen LogP contribution in [0.2, 0.25) is 0 Å². The average Bonchev–Trinajstić information content (AvgIpc) is 2.89. The highest BCUT2D eigenvalue weighted by atomic mass is 19.1. The summed E-state index contributed by atoms with van der Waals surface area (Å²) in [4.78, 5) is 25.4.